The van der Waals surface area contributed by atoms with Crippen LogP contribution in [0, 0.1) is 0 Å². The summed E-state index contributed by atoms with van der Waals surface area (Å²) in [5, 5.41) is 5.39. The van der Waals surface area contributed by atoms with Gasteiger partial charge in [0.15, 0.2) is 6.61 Å². The van der Waals surface area contributed by atoms with E-state index in [-0.39, 0.29) is 18.9 Å². The van der Waals surface area contributed by atoms with Gasteiger partial charge < -0.3 is 14.8 Å². The highest BCUT2D eigenvalue weighted by molar-refractivity contribution is 7.13. The van der Waals surface area contributed by atoms with Crippen LogP contribution in [0.5, 0.6) is 5.75 Å². The summed E-state index contributed by atoms with van der Waals surface area (Å²) in [6, 6.07) is 17.1. The van der Waals surface area contributed by atoms with E-state index in [9.17, 15) is 9.59 Å². The lowest BCUT2D eigenvalue weighted by atomic mass is 10.2. The fraction of sp³-hybridized carbons (Fsp3) is 0.190. The third kappa shape index (κ3) is 5.65. The Balaban J connectivity index is 1.41. The maximum atomic E-state index is 12.0. The van der Waals surface area contributed by atoms with E-state index in [1.54, 1.807) is 7.11 Å². The summed E-state index contributed by atoms with van der Waals surface area (Å²) in [6.07, 6.45) is 0.0368. The molecule has 7 heteroatoms. The Morgan fingerprint density at radius 1 is 1.07 bits per heavy atom. The summed E-state index contributed by atoms with van der Waals surface area (Å²) < 4.78 is 10.1. The van der Waals surface area contributed by atoms with Crippen molar-refractivity contribution in [3.8, 4) is 16.3 Å². The van der Waals surface area contributed by atoms with Gasteiger partial charge in [0.25, 0.3) is 5.91 Å². The van der Waals surface area contributed by atoms with Crippen molar-refractivity contribution in [2.24, 2.45) is 0 Å². The smallest absolute Gasteiger partial charge is 0.312 e. The zero-order valence-electron chi connectivity index (χ0n) is 15.4. The third-order valence-electron chi connectivity index (χ3n) is 3.91. The molecule has 0 bridgehead atoms. The minimum absolute atomic E-state index is 0.0368. The number of amides is 1. The first-order chi connectivity index (χ1) is 13.6. The average molecular weight is 396 g/mol. The molecule has 1 amide bonds. The topological polar surface area (TPSA) is 77.5 Å². The summed E-state index contributed by atoms with van der Waals surface area (Å²) in [7, 11) is 1.60. The van der Waals surface area contributed by atoms with Crippen molar-refractivity contribution < 1.29 is 19.1 Å². The lowest BCUT2D eigenvalue weighted by Crippen LogP contribution is -2.28. The number of rotatable bonds is 8. The number of thiazole rings is 1. The number of nitrogens with one attached hydrogen (secondary N) is 1. The van der Waals surface area contributed by atoms with Crippen molar-refractivity contribution in [2.45, 2.75) is 13.0 Å². The van der Waals surface area contributed by atoms with E-state index in [0.717, 1.165) is 21.9 Å². The molecule has 3 aromatic rings. The predicted molar refractivity (Wildman–Crippen MR) is 107 cm³/mol. The fourth-order valence-electron chi connectivity index (χ4n) is 2.44. The number of benzene rings is 2. The van der Waals surface area contributed by atoms with Gasteiger partial charge in [-0.2, -0.15) is 0 Å². The Bertz CT molecular complexity index is 923. The maximum Gasteiger partial charge on any atom is 0.312 e. The first kappa shape index (κ1) is 19.6. The number of hydrogen-bond donors (Lipinski definition) is 1. The summed E-state index contributed by atoms with van der Waals surface area (Å²) in [4.78, 5) is 28.3. The summed E-state index contributed by atoms with van der Waals surface area (Å²) in [5.41, 5.74) is 2.56. The largest absolute Gasteiger partial charge is 0.497 e. The van der Waals surface area contributed by atoms with Gasteiger partial charge in [0.1, 0.15) is 10.8 Å². The van der Waals surface area contributed by atoms with Gasteiger partial charge in [0.05, 0.1) is 19.2 Å². The number of ether oxygens (including phenoxy) is 2. The number of hydrogen-bond acceptors (Lipinski definition) is 6. The van der Waals surface area contributed by atoms with Gasteiger partial charge in [-0.1, -0.05) is 42.5 Å². The average Bonchev–Trinajstić information content (AvgIpc) is 3.20. The normalized spacial score (nSPS) is 10.3. The second-order valence-corrected chi connectivity index (χ2v) is 6.83. The van der Waals surface area contributed by atoms with Crippen molar-refractivity contribution in [1.82, 2.24) is 10.3 Å². The first-order valence-electron chi connectivity index (χ1n) is 8.69. The van der Waals surface area contributed by atoms with E-state index >= 15 is 0 Å². The van der Waals surface area contributed by atoms with Gasteiger partial charge in [-0.05, 0) is 17.7 Å². The van der Waals surface area contributed by atoms with Crippen LogP contribution in [-0.4, -0.2) is 30.6 Å². The Labute approximate surface area is 167 Å². The minimum Gasteiger partial charge on any atom is -0.497 e. The molecular formula is C21H20N2O4S. The van der Waals surface area contributed by atoms with Crippen LogP contribution in [0.3, 0.4) is 0 Å². The molecule has 0 saturated heterocycles. The van der Waals surface area contributed by atoms with Crippen LogP contribution in [-0.2, 0) is 27.3 Å². The Hall–Kier alpha value is -3.19. The van der Waals surface area contributed by atoms with E-state index in [2.05, 4.69) is 10.3 Å². The number of carbonyl (C=O) groups excluding carboxylic acids is 2. The van der Waals surface area contributed by atoms with Crippen LogP contribution in [0.4, 0.5) is 0 Å². The van der Waals surface area contributed by atoms with Crippen LogP contribution in [0.25, 0.3) is 10.6 Å². The van der Waals surface area contributed by atoms with E-state index < -0.39 is 5.97 Å². The molecule has 6 nitrogen and oxygen atoms in total. The van der Waals surface area contributed by atoms with Crippen LogP contribution in [0.2, 0.25) is 0 Å². The lowest BCUT2D eigenvalue weighted by Gasteiger charge is -2.07. The molecule has 0 spiro atoms. The Kier molecular flexibility index (Phi) is 6.75. The van der Waals surface area contributed by atoms with Gasteiger partial charge in [0, 0.05) is 17.5 Å². The van der Waals surface area contributed by atoms with Crippen LogP contribution in [0.1, 0.15) is 11.3 Å². The Morgan fingerprint density at radius 2 is 1.82 bits per heavy atom. The predicted octanol–water partition coefficient (Wildman–Crippen LogP) is 3.22. The van der Waals surface area contributed by atoms with Crippen molar-refractivity contribution in [1.29, 1.82) is 0 Å². The molecule has 2 aromatic carbocycles. The number of carbonyl (C=O) groups is 2. The molecule has 3 rings (SSSR count). The lowest BCUT2D eigenvalue weighted by molar-refractivity contribution is -0.147. The zero-order chi connectivity index (χ0) is 19.8. The van der Waals surface area contributed by atoms with Gasteiger partial charge >= 0.3 is 5.97 Å². The number of nitrogens with zero attached hydrogens (tertiary/aromatic N) is 1. The number of methoxy groups -OCH3 is 1. The second kappa shape index (κ2) is 9.66. The van der Waals surface area contributed by atoms with Crippen molar-refractivity contribution >= 4 is 23.2 Å². The highest BCUT2D eigenvalue weighted by Gasteiger charge is 2.12. The van der Waals surface area contributed by atoms with E-state index in [4.69, 9.17) is 9.47 Å². The highest BCUT2D eigenvalue weighted by atomic mass is 32.1. The standard InChI is InChI=1S/C21H20N2O4S/c1-26-18-9-7-15(8-10-18)12-22-19(24)13-27-20(25)11-17-14-28-21(23-17)16-5-3-2-4-6-16/h2-10,14H,11-13H2,1H3,(H,22,24). The molecule has 0 fully saturated rings. The van der Waals surface area contributed by atoms with Gasteiger partial charge in [-0.15, -0.1) is 11.3 Å². The first-order valence-corrected chi connectivity index (χ1v) is 9.57. The van der Waals surface area contributed by atoms with Crippen LogP contribution in [0.15, 0.2) is 60.0 Å². The maximum absolute atomic E-state index is 12.0. The molecule has 0 atom stereocenters. The molecule has 0 aliphatic heterocycles. The summed E-state index contributed by atoms with van der Waals surface area (Å²) >= 11 is 1.47. The minimum atomic E-state index is -0.482. The fourth-order valence-corrected chi connectivity index (χ4v) is 3.27. The number of aromatic nitrogens is 1. The molecular weight excluding hydrogens is 376 g/mol. The molecule has 0 radical (unpaired) electrons. The van der Waals surface area contributed by atoms with Crippen molar-refractivity contribution in [2.75, 3.05) is 13.7 Å². The SMILES string of the molecule is COc1ccc(CNC(=O)COC(=O)Cc2csc(-c3ccccc3)n2)cc1. The molecule has 0 aliphatic carbocycles. The van der Waals surface area contributed by atoms with Crippen molar-refractivity contribution in [3.05, 3.63) is 71.2 Å². The van der Waals surface area contributed by atoms with Gasteiger partial charge in [-0.25, -0.2) is 4.98 Å². The zero-order valence-corrected chi connectivity index (χ0v) is 16.2. The molecule has 1 heterocycles. The Morgan fingerprint density at radius 3 is 2.54 bits per heavy atom. The third-order valence-corrected chi connectivity index (χ3v) is 4.85. The van der Waals surface area contributed by atoms with E-state index in [1.807, 2.05) is 60.0 Å². The molecule has 28 heavy (non-hydrogen) atoms. The highest BCUT2D eigenvalue weighted by Crippen LogP contribution is 2.23. The second-order valence-electron chi connectivity index (χ2n) is 5.97. The molecule has 144 valence electrons. The van der Waals surface area contributed by atoms with Crippen molar-refractivity contribution in [3.63, 3.8) is 0 Å². The monoisotopic (exact) mass is 396 g/mol. The summed E-state index contributed by atoms with van der Waals surface area (Å²) in [5.74, 6) is -0.0848. The van der Waals surface area contributed by atoms with Gasteiger partial charge in [0.2, 0.25) is 0 Å². The molecule has 1 N–H and O–H groups in total. The van der Waals surface area contributed by atoms with Gasteiger partial charge in [-0.3, -0.25) is 9.59 Å². The number of esters is 1. The quantitative estimate of drug-likeness (QED) is 0.592. The molecule has 0 saturated carbocycles. The van der Waals surface area contributed by atoms with E-state index in [1.165, 1.54) is 11.3 Å². The van der Waals surface area contributed by atoms with E-state index in [0.29, 0.717) is 12.2 Å². The molecule has 1 aromatic heterocycles. The van der Waals surface area contributed by atoms with Crippen LogP contribution >= 0.6 is 11.3 Å². The van der Waals surface area contributed by atoms with Crippen LogP contribution < -0.4 is 10.1 Å². The summed E-state index contributed by atoms with van der Waals surface area (Å²) in [6.45, 7) is 0.0393. The molecule has 0 unspecified atom stereocenters. The molecule has 0 aliphatic rings.